The molecular formula is C9H10ClNO3. The van der Waals surface area contributed by atoms with Crippen LogP contribution < -0.4 is 5.48 Å². The summed E-state index contributed by atoms with van der Waals surface area (Å²) in [6, 6.07) is 6.34. The summed E-state index contributed by atoms with van der Waals surface area (Å²) in [6.45, 7) is 0. The molecule has 2 N–H and O–H groups in total. The Bertz CT molecular complexity index is 312. The van der Waals surface area contributed by atoms with Crippen molar-refractivity contribution in [2.24, 2.45) is 0 Å². The van der Waals surface area contributed by atoms with Gasteiger partial charge in [-0.25, -0.2) is 5.48 Å². The number of hydrogen-bond acceptors (Lipinski definition) is 3. The summed E-state index contributed by atoms with van der Waals surface area (Å²) in [6.07, 6.45) is -1.24. The lowest BCUT2D eigenvalue weighted by Gasteiger charge is -2.09. The molecule has 1 unspecified atom stereocenters. The molecule has 4 nitrogen and oxygen atoms in total. The number of aliphatic hydroxyl groups excluding tert-OH is 1. The second-order valence-corrected chi connectivity index (χ2v) is 3.06. The standard InChI is InChI=1S/C9H10ClNO3/c1-14-11-9(13)8(12)6-2-4-7(10)5-3-6/h2-5,8,12H,1H3,(H,11,13). The summed E-state index contributed by atoms with van der Waals surface area (Å²) in [5.41, 5.74) is 2.50. The SMILES string of the molecule is CONC(=O)C(O)c1ccc(Cl)cc1. The fourth-order valence-corrected chi connectivity index (χ4v) is 1.08. The fourth-order valence-electron chi connectivity index (χ4n) is 0.953. The van der Waals surface area contributed by atoms with Gasteiger partial charge in [-0.2, -0.15) is 0 Å². The van der Waals surface area contributed by atoms with Crippen molar-refractivity contribution in [3.63, 3.8) is 0 Å². The van der Waals surface area contributed by atoms with Gasteiger partial charge in [-0.15, -0.1) is 0 Å². The van der Waals surface area contributed by atoms with E-state index in [9.17, 15) is 9.90 Å². The first-order valence-corrected chi connectivity index (χ1v) is 4.29. The van der Waals surface area contributed by atoms with Crippen molar-refractivity contribution < 1.29 is 14.7 Å². The second kappa shape index (κ2) is 4.95. The highest BCUT2D eigenvalue weighted by Crippen LogP contribution is 2.16. The normalized spacial score (nSPS) is 12.2. The number of carbonyl (C=O) groups excluding carboxylic acids is 1. The number of aliphatic hydroxyl groups is 1. The minimum absolute atomic E-state index is 0.462. The van der Waals surface area contributed by atoms with E-state index in [1.54, 1.807) is 24.3 Å². The van der Waals surface area contributed by atoms with Crippen LogP contribution in [-0.4, -0.2) is 18.1 Å². The number of benzene rings is 1. The van der Waals surface area contributed by atoms with Crippen LogP contribution in [0.3, 0.4) is 0 Å². The molecule has 0 bridgehead atoms. The van der Waals surface area contributed by atoms with E-state index < -0.39 is 12.0 Å². The third kappa shape index (κ3) is 2.70. The Balaban J connectivity index is 2.73. The Morgan fingerprint density at radius 3 is 2.57 bits per heavy atom. The molecule has 14 heavy (non-hydrogen) atoms. The van der Waals surface area contributed by atoms with Crippen LogP contribution in [0.15, 0.2) is 24.3 Å². The van der Waals surface area contributed by atoms with E-state index in [0.29, 0.717) is 10.6 Å². The zero-order valence-corrected chi connectivity index (χ0v) is 8.28. The minimum atomic E-state index is -1.24. The highest BCUT2D eigenvalue weighted by Gasteiger charge is 2.16. The van der Waals surface area contributed by atoms with Crippen LogP contribution in [0.25, 0.3) is 0 Å². The molecule has 0 aliphatic carbocycles. The monoisotopic (exact) mass is 215 g/mol. The first-order chi connectivity index (χ1) is 6.65. The van der Waals surface area contributed by atoms with Crippen LogP contribution in [0, 0.1) is 0 Å². The molecule has 1 amide bonds. The summed E-state index contributed by atoms with van der Waals surface area (Å²) >= 11 is 5.65. The number of halogens is 1. The molecule has 0 aliphatic rings. The lowest BCUT2D eigenvalue weighted by molar-refractivity contribution is -0.140. The van der Waals surface area contributed by atoms with Crippen molar-refractivity contribution in [2.45, 2.75) is 6.10 Å². The molecule has 0 saturated heterocycles. The average molecular weight is 216 g/mol. The predicted octanol–water partition coefficient (Wildman–Crippen LogP) is 1.05. The summed E-state index contributed by atoms with van der Waals surface area (Å²) in [7, 11) is 1.30. The molecule has 1 atom stereocenters. The smallest absolute Gasteiger partial charge is 0.276 e. The molecule has 0 aromatic heterocycles. The van der Waals surface area contributed by atoms with Crippen molar-refractivity contribution in [1.82, 2.24) is 5.48 Å². The molecule has 1 aromatic rings. The van der Waals surface area contributed by atoms with Gasteiger partial charge in [0.25, 0.3) is 5.91 Å². The van der Waals surface area contributed by atoms with Crippen molar-refractivity contribution in [2.75, 3.05) is 7.11 Å². The third-order valence-electron chi connectivity index (χ3n) is 1.64. The van der Waals surface area contributed by atoms with Gasteiger partial charge >= 0.3 is 0 Å². The predicted molar refractivity (Wildman–Crippen MR) is 51.6 cm³/mol. The Hall–Kier alpha value is -1.10. The van der Waals surface area contributed by atoms with Gasteiger partial charge in [0.05, 0.1) is 7.11 Å². The molecule has 0 fully saturated rings. The van der Waals surface area contributed by atoms with Crippen LogP contribution in [-0.2, 0) is 9.63 Å². The molecule has 0 saturated carbocycles. The van der Waals surface area contributed by atoms with E-state index in [0.717, 1.165) is 0 Å². The van der Waals surface area contributed by atoms with Gasteiger partial charge in [-0.05, 0) is 17.7 Å². The largest absolute Gasteiger partial charge is 0.378 e. The molecule has 5 heteroatoms. The van der Waals surface area contributed by atoms with E-state index in [-0.39, 0.29) is 0 Å². The maximum absolute atomic E-state index is 11.1. The molecule has 1 aromatic carbocycles. The van der Waals surface area contributed by atoms with Crippen molar-refractivity contribution in [3.8, 4) is 0 Å². The summed E-state index contributed by atoms with van der Waals surface area (Å²) in [5, 5.41) is 10.0. The number of hydroxylamine groups is 1. The maximum atomic E-state index is 11.1. The Labute approximate surface area is 86.4 Å². The average Bonchev–Trinajstić information content (AvgIpc) is 2.18. The number of amides is 1. The van der Waals surface area contributed by atoms with Gasteiger partial charge in [-0.3, -0.25) is 9.63 Å². The zero-order chi connectivity index (χ0) is 10.6. The Morgan fingerprint density at radius 1 is 1.50 bits per heavy atom. The number of carbonyl (C=O) groups is 1. The Morgan fingerprint density at radius 2 is 2.07 bits per heavy atom. The second-order valence-electron chi connectivity index (χ2n) is 2.62. The topological polar surface area (TPSA) is 58.6 Å². The molecule has 0 radical (unpaired) electrons. The summed E-state index contributed by atoms with van der Waals surface area (Å²) in [5.74, 6) is -0.616. The molecular weight excluding hydrogens is 206 g/mol. The van der Waals surface area contributed by atoms with Crippen LogP contribution >= 0.6 is 11.6 Å². The van der Waals surface area contributed by atoms with Crippen LogP contribution in [0.1, 0.15) is 11.7 Å². The van der Waals surface area contributed by atoms with E-state index in [2.05, 4.69) is 4.84 Å². The number of rotatable bonds is 3. The van der Waals surface area contributed by atoms with Gasteiger partial charge in [-0.1, -0.05) is 23.7 Å². The Kier molecular flexibility index (Phi) is 3.88. The van der Waals surface area contributed by atoms with Gasteiger partial charge < -0.3 is 5.11 Å². The van der Waals surface area contributed by atoms with Crippen molar-refractivity contribution in [3.05, 3.63) is 34.9 Å². The van der Waals surface area contributed by atoms with Crippen LogP contribution in [0.5, 0.6) is 0 Å². The molecule has 1 rings (SSSR count). The zero-order valence-electron chi connectivity index (χ0n) is 7.53. The number of hydrogen-bond donors (Lipinski definition) is 2. The highest BCUT2D eigenvalue weighted by molar-refractivity contribution is 6.30. The summed E-state index contributed by atoms with van der Waals surface area (Å²) in [4.78, 5) is 15.5. The van der Waals surface area contributed by atoms with E-state index in [1.807, 2.05) is 5.48 Å². The van der Waals surface area contributed by atoms with Crippen LogP contribution in [0.2, 0.25) is 5.02 Å². The highest BCUT2D eigenvalue weighted by atomic mass is 35.5. The third-order valence-corrected chi connectivity index (χ3v) is 1.89. The van der Waals surface area contributed by atoms with Gasteiger partial charge in [0, 0.05) is 5.02 Å². The van der Waals surface area contributed by atoms with Crippen molar-refractivity contribution >= 4 is 17.5 Å². The van der Waals surface area contributed by atoms with Gasteiger partial charge in [0.2, 0.25) is 0 Å². The van der Waals surface area contributed by atoms with Crippen LogP contribution in [0.4, 0.5) is 0 Å². The van der Waals surface area contributed by atoms with Gasteiger partial charge in [0.15, 0.2) is 6.10 Å². The molecule has 76 valence electrons. The molecule has 0 heterocycles. The van der Waals surface area contributed by atoms with Gasteiger partial charge in [0.1, 0.15) is 0 Å². The lowest BCUT2D eigenvalue weighted by atomic mass is 10.1. The molecule has 0 aliphatic heterocycles. The fraction of sp³-hybridized carbons (Fsp3) is 0.222. The van der Waals surface area contributed by atoms with E-state index in [4.69, 9.17) is 11.6 Å². The maximum Gasteiger partial charge on any atom is 0.276 e. The first kappa shape index (κ1) is 11.0. The first-order valence-electron chi connectivity index (χ1n) is 3.91. The minimum Gasteiger partial charge on any atom is -0.378 e. The molecule has 0 spiro atoms. The van der Waals surface area contributed by atoms with E-state index >= 15 is 0 Å². The number of nitrogens with one attached hydrogen (secondary N) is 1. The quantitative estimate of drug-likeness (QED) is 0.741. The van der Waals surface area contributed by atoms with E-state index in [1.165, 1.54) is 7.11 Å². The van der Waals surface area contributed by atoms with Crippen molar-refractivity contribution in [1.29, 1.82) is 0 Å². The lowest BCUT2D eigenvalue weighted by Crippen LogP contribution is -2.28. The summed E-state index contributed by atoms with van der Waals surface area (Å²) < 4.78 is 0.